The number of benzene rings is 2. The molecule has 1 atom stereocenters. The lowest BCUT2D eigenvalue weighted by Gasteiger charge is -2.18. The van der Waals surface area contributed by atoms with Gasteiger partial charge in [0.1, 0.15) is 5.75 Å². The van der Waals surface area contributed by atoms with Crippen molar-refractivity contribution in [3.63, 3.8) is 0 Å². The predicted molar refractivity (Wildman–Crippen MR) is 116 cm³/mol. The highest BCUT2D eigenvalue weighted by Gasteiger charge is 2.11. The number of guanidine groups is 1. The highest BCUT2D eigenvalue weighted by molar-refractivity contribution is 14.0. The van der Waals surface area contributed by atoms with Crippen molar-refractivity contribution in [2.75, 3.05) is 20.7 Å². The number of nitrogens with zero attached hydrogens (tertiary/aromatic N) is 1. The molecule has 0 aliphatic carbocycles. The largest absolute Gasteiger partial charge is 0.496 e. The van der Waals surface area contributed by atoms with Crippen molar-refractivity contribution < 1.29 is 4.74 Å². The smallest absolute Gasteiger partial charge is 0.191 e. The zero-order chi connectivity index (χ0) is 17.4. The van der Waals surface area contributed by atoms with Crippen molar-refractivity contribution in [3.8, 4) is 5.75 Å². The minimum Gasteiger partial charge on any atom is -0.496 e. The molecule has 0 fully saturated rings. The van der Waals surface area contributed by atoms with Gasteiger partial charge in [-0.25, -0.2) is 0 Å². The number of aliphatic imine (C=N–C) groups is 1. The molecular formula is C20H28IN3O. The normalized spacial score (nSPS) is 12.1. The van der Waals surface area contributed by atoms with E-state index in [4.69, 9.17) is 4.74 Å². The Morgan fingerprint density at radius 2 is 1.76 bits per heavy atom. The van der Waals surface area contributed by atoms with Crippen molar-refractivity contribution in [1.29, 1.82) is 0 Å². The Morgan fingerprint density at radius 1 is 1.08 bits per heavy atom. The SMILES string of the molecule is CN=C(NCc1ccc(C)cc1)NCC(C)c1ccccc1OC.I. The highest BCUT2D eigenvalue weighted by atomic mass is 127. The lowest BCUT2D eigenvalue weighted by molar-refractivity contribution is 0.406. The van der Waals surface area contributed by atoms with Gasteiger partial charge in [0.05, 0.1) is 7.11 Å². The maximum absolute atomic E-state index is 5.44. The Kier molecular flexibility index (Phi) is 9.34. The Hall–Kier alpha value is -1.76. The van der Waals surface area contributed by atoms with Crippen LogP contribution in [0.5, 0.6) is 5.75 Å². The highest BCUT2D eigenvalue weighted by Crippen LogP contribution is 2.25. The van der Waals surface area contributed by atoms with Crippen LogP contribution in [0.4, 0.5) is 0 Å². The van der Waals surface area contributed by atoms with E-state index < -0.39 is 0 Å². The Labute approximate surface area is 168 Å². The van der Waals surface area contributed by atoms with Crippen molar-refractivity contribution in [1.82, 2.24) is 10.6 Å². The molecule has 2 aromatic carbocycles. The van der Waals surface area contributed by atoms with Gasteiger partial charge in [-0.1, -0.05) is 55.0 Å². The molecule has 0 heterocycles. The molecule has 0 saturated heterocycles. The first kappa shape index (κ1) is 21.3. The van der Waals surface area contributed by atoms with Gasteiger partial charge in [0.15, 0.2) is 5.96 Å². The molecule has 4 nitrogen and oxygen atoms in total. The molecule has 136 valence electrons. The fraction of sp³-hybridized carbons (Fsp3) is 0.350. The van der Waals surface area contributed by atoms with Gasteiger partial charge in [0, 0.05) is 26.1 Å². The third-order valence-electron chi connectivity index (χ3n) is 4.05. The van der Waals surface area contributed by atoms with E-state index in [9.17, 15) is 0 Å². The van der Waals surface area contributed by atoms with Gasteiger partial charge in [0.2, 0.25) is 0 Å². The van der Waals surface area contributed by atoms with Gasteiger partial charge in [-0.3, -0.25) is 4.99 Å². The summed E-state index contributed by atoms with van der Waals surface area (Å²) in [6.07, 6.45) is 0. The average molecular weight is 453 g/mol. The number of hydrogen-bond donors (Lipinski definition) is 2. The molecule has 2 N–H and O–H groups in total. The molecule has 1 unspecified atom stereocenters. The van der Waals surface area contributed by atoms with Crippen molar-refractivity contribution >= 4 is 29.9 Å². The van der Waals surface area contributed by atoms with Gasteiger partial charge >= 0.3 is 0 Å². The standard InChI is InChI=1S/C20H27N3O.HI/c1-15-9-11-17(12-10-15)14-23-20(21-3)22-13-16(2)18-7-5-6-8-19(18)24-4;/h5-12,16H,13-14H2,1-4H3,(H2,21,22,23);1H. The van der Waals surface area contributed by atoms with E-state index in [1.807, 2.05) is 18.2 Å². The fourth-order valence-corrected chi connectivity index (χ4v) is 2.55. The van der Waals surface area contributed by atoms with E-state index in [1.165, 1.54) is 16.7 Å². The topological polar surface area (TPSA) is 45.7 Å². The maximum Gasteiger partial charge on any atom is 0.191 e. The molecule has 0 radical (unpaired) electrons. The van der Waals surface area contributed by atoms with Crippen LogP contribution in [0.25, 0.3) is 0 Å². The van der Waals surface area contributed by atoms with Crippen LogP contribution in [0.1, 0.15) is 29.5 Å². The zero-order valence-corrected chi connectivity index (χ0v) is 17.7. The first-order chi connectivity index (χ1) is 11.6. The van der Waals surface area contributed by atoms with Crippen LogP contribution in [0, 0.1) is 6.92 Å². The fourth-order valence-electron chi connectivity index (χ4n) is 2.55. The molecular weight excluding hydrogens is 425 g/mol. The van der Waals surface area contributed by atoms with Crippen LogP contribution in [0.2, 0.25) is 0 Å². The Balaban J connectivity index is 0.00000312. The van der Waals surface area contributed by atoms with Crippen LogP contribution in [-0.2, 0) is 6.54 Å². The van der Waals surface area contributed by atoms with Gasteiger partial charge in [-0.15, -0.1) is 24.0 Å². The first-order valence-corrected chi connectivity index (χ1v) is 8.27. The number of para-hydroxylation sites is 1. The molecule has 0 saturated carbocycles. The monoisotopic (exact) mass is 453 g/mol. The van der Waals surface area contributed by atoms with Crippen molar-refractivity contribution in [2.45, 2.75) is 26.3 Å². The maximum atomic E-state index is 5.44. The Bertz CT molecular complexity index is 671. The molecule has 0 bridgehead atoms. The average Bonchev–Trinajstić information content (AvgIpc) is 2.63. The predicted octanol–water partition coefficient (Wildman–Crippen LogP) is 4.09. The van der Waals surface area contributed by atoms with Crippen LogP contribution >= 0.6 is 24.0 Å². The summed E-state index contributed by atoms with van der Waals surface area (Å²) in [6, 6.07) is 16.6. The summed E-state index contributed by atoms with van der Waals surface area (Å²) >= 11 is 0. The van der Waals surface area contributed by atoms with E-state index in [0.717, 1.165) is 24.8 Å². The second kappa shape index (κ2) is 11.0. The van der Waals surface area contributed by atoms with Gasteiger partial charge in [0.25, 0.3) is 0 Å². The van der Waals surface area contributed by atoms with Crippen LogP contribution in [-0.4, -0.2) is 26.7 Å². The van der Waals surface area contributed by atoms with Crippen LogP contribution < -0.4 is 15.4 Å². The molecule has 0 aliphatic rings. The molecule has 5 heteroatoms. The summed E-state index contributed by atoms with van der Waals surface area (Å²) in [6.45, 7) is 5.81. The quantitative estimate of drug-likeness (QED) is 0.394. The summed E-state index contributed by atoms with van der Waals surface area (Å²) in [7, 11) is 3.50. The van der Waals surface area contributed by atoms with Crippen LogP contribution in [0.3, 0.4) is 0 Å². The minimum atomic E-state index is 0. The second-order valence-electron chi connectivity index (χ2n) is 5.94. The van der Waals surface area contributed by atoms with E-state index in [-0.39, 0.29) is 24.0 Å². The van der Waals surface area contributed by atoms with Crippen LogP contribution in [0.15, 0.2) is 53.5 Å². The molecule has 0 aromatic heterocycles. The summed E-state index contributed by atoms with van der Waals surface area (Å²) in [5.74, 6) is 2.05. The number of methoxy groups -OCH3 is 1. The second-order valence-corrected chi connectivity index (χ2v) is 5.94. The molecule has 0 spiro atoms. The number of hydrogen-bond acceptors (Lipinski definition) is 2. The Morgan fingerprint density at radius 3 is 2.40 bits per heavy atom. The summed E-state index contributed by atoms with van der Waals surface area (Å²) < 4.78 is 5.44. The zero-order valence-electron chi connectivity index (χ0n) is 15.4. The number of ether oxygens (including phenoxy) is 1. The van der Waals surface area contributed by atoms with E-state index in [0.29, 0.717) is 5.92 Å². The van der Waals surface area contributed by atoms with E-state index in [2.05, 4.69) is 59.8 Å². The van der Waals surface area contributed by atoms with Gasteiger partial charge < -0.3 is 15.4 Å². The van der Waals surface area contributed by atoms with Crippen molar-refractivity contribution in [2.24, 2.45) is 4.99 Å². The first-order valence-electron chi connectivity index (χ1n) is 8.27. The number of rotatable bonds is 6. The number of aryl methyl sites for hydroxylation is 1. The molecule has 0 amide bonds. The summed E-state index contributed by atoms with van der Waals surface area (Å²) in [4.78, 5) is 4.29. The molecule has 0 aliphatic heterocycles. The molecule has 25 heavy (non-hydrogen) atoms. The third-order valence-corrected chi connectivity index (χ3v) is 4.05. The lowest BCUT2D eigenvalue weighted by Crippen LogP contribution is -2.38. The van der Waals surface area contributed by atoms with Gasteiger partial charge in [-0.05, 0) is 24.1 Å². The van der Waals surface area contributed by atoms with E-state index in [1.54, 1.807) is 14.2 Å². The minimum absolute atomic E-state index is 0. The number of nitrogens with one attached hydrogen (secondary N) is 2. The molecule has 2 aromatic rings. The molecule has 2 rings (SSSR count). The summed E-state index contributed by atoms with van der Waals surface area (Å²) in [5.41, 5.74) is 3.70. The van der Waals surface area contributed by atoms with E-state index >= 15 is 0 Å². The summed E-state index contributed by atoms with van der Waals surface area (Å²) in [5, 5.41) is 6.73. The van der Waals surface area contributed by atoms with Crippen molar-refractivity contribution in [3.05, 3.63) is 65.2 Å². The van der Waals surface area contributed by atoms with Gasteiger partial charge in [-0.2, -0.15) is 0 Å². The number of halogens is 1. The third kappa shape index (κ3) is 6.57. The lowest BCUT2D eigenvalue weighted by atomic mass is 10.0.